The molecule has 0 fully saturated rings. The normalized spacial score (nSPS) is 12.3. The lowest BCUT2D eigenvalue weighted by atomic mass is 10.3. The molecule has 96 valence electrons. The first kappa shape index (κ1) is 12.2. The number of aromatic nitrogens is 2. The van der Waals surface area contributed by atoms with Crippen molar-refractivity contribution in [3.8, 4) is 5.75 Å². The van der Waals surface area contributed by atoms with Gasteiger partial charge in [0.05, 0.1) is 18.1 Å². The van der Waals surface area contributed by atoms with Crippen molar-refractivity contribution in [1.29, 1.82) is 0 Å². The number of ether oxygens (including phenoxy) is 2. The lowest BCUT2D eigenvalue weighted by Crippen LogP contribution is -2.37. The van der Waals surface area contributed by atoms with Crippen LogP contribution in [-0.4, -0.2) is 35.7 Å². The number of carbonyl (C=O) groups excluding carboxylic acids is 1. The van der Waals surface area contributed by atoms with Crippen LogP contribution < -0.4 is 16.2 Å². The van der Waals surface area contributed by atoms with E-state index >= 15 is 0 Å². The lowest BCUT2D eigenvalue weighted by Gasteiger charge is -2.10. The Hall–Kier alpha value is -2.28. The summed E-state index contributed by atoms with van der Waals surface area (Å²) >= 11 is 0. The molecule has 0 spiro atoms. The van der Waals surface area contributed by atoms with Gasteiger partial charge < -0.3 is 25.2 Å². The highest BCUT2D eigenvalue weighted by atomic mass is 16.5. The molecule has 1 heterocycles. The summed E-state index contributed by atoms with van der Waals surface area (Å²) in [7, 11) is 1.26. The largest absolute Gasteiger partial charge is 0.491 e. The third kappa shape index (κ3) is 2.51. The number of esters is 1. The van der Waals surface area contributed by atoms with E-state index in [1.807, 2.05) is 0 Å². The van der Waals surface area contributed by atoms with Crippen LogP contribution in [0, 0.1) is 0 Å². The molecule has 2 rings (SSSR count). The van der Waals surface area contributed by atoms with Gasteiger partial charge in [-0.3, -0.25) is 4.79 Å². The first-order valence-corrected chi connectivity index (χ1v) is 5.28. The molecule has 1 atom stereocenters. The number of hydrogen-bond acceptors (Lipinski definition) is 5. The van der Waals surface area contributed by atoms with Crippen LogP contribution in [-0.2, 0) is 9.53 Å². The fraction of sp³-hybridized carbons (Fsp3) is 0.273. The van der Waals surface area contributed by atoms with Gasteiger partial charge in [0.25, 0.3) is 0 Å². The zero-order valence-corrected chi connectivity index (χ0v) is 9.73. The number of rotatable bonds is 4. The maximum absolute atomic E-state index is 11.1. The standard InChI is InChI=1S/C11H13N3O4/c1-17-10(15)7(12)5-18-6-2-3-8-9(4-6)14-11(16)13-8/h2-4,7H,5,12H2,1H3,(H2,13,14,16)/t7-/m0/s1. The molecule has 0 unspecified atom stereocenters. The molecule has 0 radical (unpaired) electrons. The minimum absolute atomic E-state index is 0.00678. The van der Waals surface area contributed by atoms with Crippen molar-refractivity contribution in [2.75, 3.05) is 13.7 Å². The second kappa shape index (κ2) is 4.92. The van der Waals surface area contributed by atoms with E-state index in [0.717, 1.165) is 0 Å². The van der Waals surface area contributed by atoms with Crippen LogP contribution in [0.1, 0.15) is 0 Å². The Labute approximate surface area is 102 Å². The Morgan fingerprint density at radius 1 is 1.39 bits per heavy atom. The minimum Gasteiger partial charge on any atom is -0.491 e. The number of carbonyl (C=O) groups is 1. The SMILES string of the molecule is COC(=O)[C@@H](N)COc1ccc2[nH]c(=O)[nH]c2c1. The molecule has 0 saturated carbocycles. The van der Waals surface area contributed by atoms with Crippen LogP contribution in [0.15, 0.2) is 23.0 Å². The second-order valence-corrected chi connectivity index (χ2v) is 3.73. The van der Waals surface area contributed by atoms with E-state index in [9.17, 15) is 9.59 Å². The van der Waals surface area contributed by atoms with Gasteiger partial charge in [0.2, 0.25) is 0 Å². The number of benzene rings is 1. The van der Waals surface area contributed by atoms with E-state index in [1.165, 1.54) is 7.11 Å². The van der Waals surface area contributed by atoms with Gasteiger partial charge in [-0.25, -0.2) is 4.79 Å². The van der Waals surface area contributed by atoms with Crippen molar-refractivity contribution in [1.82, 2.24) is 9.97 Å². The summed E-state index contributed by atoms with van der Waals surface area (Å²) in [6.07, 6.45) is 0. The minimum atomic E-state index is -0.837. The van der Waals surface area contributed by atoms with E-state index in [1.54, 1.807) is 18.2 Å². The number of imidazole rings is 1. The summed E-state index contributed by atoms with van der Waals surface area (Å²) in [6, 6.07) is 4.19. The molecule has 0 amide bonds. The van der Waals surface area contributed by atoms with Crippen molar-refractivity contribution >= 4 is 17.0 Å². The van der Waals surface area contributed by atoms with Gasteiger partial charge >= 0.3 is 11.7 Å². The topological polar surface area (TPSA) is 110 Å². The maximum Gasteiger partial charge on any atom is 0.326 e. The van der Waals surface area contributed by atoms with E-state index in [0.29, 0.717) is 16.8 Å². The molecule has 0 aliphatic rings. The zero-order chi connectivity index (χ0) is 13.1. The molecule has 1 aromatic carbocycles. The van der Waals surface area contributed by atoms with Gasteiger partial charge in [-0.05, 0) is 12.1 Å². The van der Waals surface area contributed by atoms with Gasteiger partial charge in [-0.15, -0.1) is 0 Å². The van der Waals surface area contributed by atoms with Crippen molar-refractivity contribution < 1.29 is 14.3 Å². The first-order chi connectivity index (χ1) is 8.60. The summed E-state index contributed by atoms with van der Waals surface area (Å²) in [5.74, 6) is -0.0248. The number of nitrogens with two attached hydrogens (primary N) is 1. The van der Waals surface area contributed by atoms with Gasteiger partial charge in [0.15, 0.2) is 0 Å². The monoisotopic (exact) mass is 251 g/mol. The van der Waals surface area contributed by atoms with Crippen molar-refractivity contribution in [2.45, 2.75) is 6.04 Å². The molecule has 0 aliphatic heterocycles. The third-order valence-corrected chi connectivity index (χ3v) is 2.42. The number of methoxy groups -OCH3 is 1. The molecule has 1 aromatic heterocycles. The molecule has 18 heavy (non-hydrogen) atoms. The highest BCUT2D eigenvalue weighted by molar-refractivity contribution is 5.76. The van der Waals surface area contributed by atoms with Gasteiger partial charge in [-0.2, -0.15) is 0 Å². The van der Waals surface area contributed by atoms with Crippen molar-refractivity contribution in [3.63, 3.8) is 0 Å². The smallest absolute Gasteiger partial charge is 0.326 e. The van der Waals surface area contributed by atoms with Crippen LogP contribution in [0.25, 0.3) is 11.0 Å². The van der Waals surface area contributed by atoms with Crippen LogP contribution in [0.4, 0.5) is 0 Å². The molecule has 0 bridgehead atoms. The highest BCUT2D eigenvalue weighted by Crippen LogP contribution is 2.16. The predicted octanol–water partition coefficient (Wildman–Crippen LogP) is -0.265. The number of aromatic amines is 2. The van der Waals surface area contributed by atoms with Crippen molar-refractivity contribution in [3.05, 3.63) is 28.7 Å². The molecule has 7 nitrogen and oxygen atoms in total. The Bertz CT molecular complexity index is 616. The summed E-state index contributed by atoms with van der Waals surface area (Å²) in [4.78, 5) is 27.3. The van der Waals surface area contributed by atoms with Gasteiger partial charge in [-0.1, -0.05) is 0 Å². The molecule has 7 heteroatoms. The number of fused-ring (bicyclic) bond motifs is 1. The maximum atomic E-state index is 11.1. The Morgan fingerprint density at radius 2 is 2.11 bits per heavy atom. The third-order valence-electron chi connectivity index (χ3n) is 2.42. The molecular formula is C11H13N3O4. The quantitative estimate of drug-likeness (QED) is 0.648. The first-order valence-electron chi connectivity index (χ1n) is 5.28. The number of H-pyrrole nitrogens is 2. The van der Waals surface area contributed by atoms with E-state index in [2.05, 4.69) is 14.7 Å². The van der Waals surface area contributed by atoms with E-state index in [-0.39, 0.29) is 12.3 Å². The predicted molar refractivity (Wildman–Crippen MR) is 64.4 cm³/mol. The fourth-order valence-corrected chi connectivity index (χ4v) is 1.51. The van der Waals surface area contributed by atoms with E-state index < -0.39 is 12.0 Å². The van der Waals surface area contributed by atoms with Crippen molar-refractivity contribution in [2.24, 2.45) is 5.73 Å². The average Bonchev–Trinajstić information content (AvgIpc) is 2.74. The Kier molecular flexibility index (Phi) is 3.33. The Balaban J connectivity index is 2.08. The molecule has 2 aromatic rings. The second-order valence-electron chi connectivity index (χ2n) is 3.73. The van der Waals surface area contributed by atoms with Crippen LogP contribution in [0.5, 0.6) is 5.75 Å². The summed E-state index contributed by atoms with van der Waals surface area (Å²) in [6.45, 7) is 0.00678. The van der Waals surface area contributed by atoms with E-state index in [4.69, 9.17) is 10.5 Å². The van der Waals surface area contributed by atoms with Crippen LogP contribution in [0.3, 0.4) is 0 Å². The zero-order valence-electron chi connectivity index (χ0n) is 9.73. The summed E-state index contributed by atoms with van der Waals surface area (Å²) < 4.78 is 9.82. The molecule has 0 aliphatic carbocycles. The number of nitrogens with one attached hydrogen (secondary N) is 2. The number of hydrogen-bond donors (Lipinski definition) is 3. The lowest BCUT2D eigenvalue weighted by molar-refractivity contribution is -0.142. The fourth-order valence-electron chi connectivity index (χ4n) is 1.51. The molecule has 4 N–H and O–H groups in total. The van der Waals surface area contributed by atoms with Gasteiger partial charge in [0.1, 0.15) is 18.4 Å². The molecular weight excluding hydrogens is 238 g/mol. The molecule has 0 saturated heterocycles. The summed E-state index contributed by atoms with van der Waals surface area (Å²) in [5, 5.41) is 0. The summed E-state index contributed by atoms with van der Waals surface area (Å²) in [5.41, 5.74) is 6.56. The highest BCUT2D eigenvalue weighted by Gasteiger charge is 2.14. The van der Waals surface area contributed by atoms with Gasteiger partial charge in [0, 0.05) is 6.07 Å². The van der Waals surface area contributed by atoms with Crippen LogP contribution >= 0.6 is 0 Å². The Morgan fingerprint density at radius 3 is 2.83 bits per heavy atom. The average molecular weight is 251 g/mol. The van der Waals surface area contributed by atoms with Crippen LogP contribution in [0.2, 0.25) is 0 Å².